The first-order chi connectivity index (χ1) is 20.5. The highest BCUT2D eigenvalue weighted by molar-refractivity contribution is 5.77. The zero-order chi connectivity index (χ0) is 30.7. The summed E-state index contributed by atoms with van der Waals surface area (Å²) in [4.78, 5) is 34.5. The van der Waals surface area contributed by atoms with Gasteiger partial charge in [0.25, 0.3) is 0 Å². The van der Waals surface area contributed by atoms with E-state index in [4.69, 9.17) is 14.5 Å². The van der Waals surface area contributed by atoms with E-state index in [1.54, 1.807) is 47.2 Å². The van der Waals surface area contributed by atoms with Gasteiger partial charge in [0, 0.05) is 56.5 Å². The molecular weight excluding hydrogens is 553 g/mol. The Morgan fingerprint density at radius 1 is 1.14 bits per heavy atom. The number of hydrogen-bond acceptors (Lipinski definition) is 10. The van der Waals surface area contributed by atoms with Crippen molar-refractivity contribution in [3.63, 3.8) is 0 Å². The number of aryl methyl sites for hydroxylation is 2. The maximum absolute atomic E-state index is 15.3. The largest absolute Gasteiger partial charge is 0.444 e. The molecule has 1 fully saturated rings. The molecule has 1 aromatic carbocycles. The Hall–Kier alpha value is -4.81. The van der Waals surface area contributed by atoms with Gasteiger partial charge >= 0.3 is 12.1 Å². The lowest BCUT2D eigenvalue weighted by Crippen LogP contribution is -2.56. The predicted octanol–water partition coefficient (Wildman–Crippen LogP) is 5.49. The van der Waals surface area contributed by atoms with E-state index in [-0.39, 0.29) is 23.9 Å². The number of anilines is 3. The van der Waals surface area contributed by atoms with Crippen LogP contribution < -0.4 is 15.0 Å². The van der Waals surface area contributed by atoms with Gasteiger partial charge in [-0.05, 0) is 57.9 Å². The maximum atomic E-state index is 15.3. The molecule has 3 aromatic heterocycles. The number of benzene rings is 1. The number of halogens is 1. The highest BCUT2D eigenvalue weighted by Gasteiger charge is 2.34. The number of nitrogens with one attached hydrogen (secondary N) is 1. The second-order valence-electron chi connectivity index (χ2n) is 11.4. The van der Waals surface area contributed by atoms with Crippen molar-refractivity contribution in [2.75, 3.05) is 29.9 Å². The summed E-state index contributed by atoms with van der Waals surface area (Å²) in [5.74, 6) is 0.404. The van der Waals surface area contributed by atoms with Crippen LogP contribution in [-0.2, 0) is 11.8 Å². The van der Waals surface area contributed by atoms with Crippen molar-refractivity contribution in [1.82, 2.24) is 34.6 Å². The highest BCUT2D eigenvalue weighted by atomic mass is 19.1. The van der Waals surface area contributed by atoms with Gasteiger partial charge in [-0.2, -0.15) is 10.1 Å². The summed E-state index contributed by atoms with van der Waals surface area (Å²) in [6.07, 6.45) is 7.10. The topological polar surface area (TPSA) is 123 Å². The summed E-state index contributed by atoms with van der Waals surface area (Å²) in [6, 6.07) is 6.36. The van der Waals surface area contributed by atoms with Gasteiger partial charge in [0.2, 0.25) is 5.95 Å². The zero-order valence-corrected chi connectivity index (χ0v) is 25.2. The molecule has 0 radical (unpaired) electrons. The molecule has 4 heterocycles. The number of nitrogens with zero attached hydrogens (tertiary/aromatic N) is 8. The quantitative estimate of drug-likeness (QED) is 0.296. The Labute approximate surface area is 249 Å². The van der Waals surface area contributed by atoms with Crippen molar-refractivity contribution in [1.29, 1.82) is 0 Å². The third-order valence-corrected chi connectivity index (χ3v) is 6.83. The molecule has 0 aliphatic carbocycles. The minimum Gasteiger partial charge on any atom is -0.444 e. The number of aromatic nitrogens is 6. The Kier molecular flexibility index (Phi) is 8.42. The van der Waals surface area contributed by atoms with E-state index in [2.05, 4.69) is 30.3 Å². The second kappa shape index (κ2) is 12.2. The molecule has 226 valence electrons. The molecule has 12 nitrogen and oxygen atoms in total. The van der Waals surface area contributed by atoms with Crippen LogP contribution >= 0.6 is 0 Å². The van der Waals surface area contributed by atoms with Crippen molar-refractivity contribution >= 4 is 23.5 Å². The normalized spacial score (nSPS) is 15.4. The van der Waals surface area contributed by atoms with Gasteiger partial charge in [-0.3, -0.25) is 4.68 Å². The Morgan fingerprint density at radius 3 is 2.63 bits per heavy atom. The van der Waals surface area contributed by atoms with Crippen LogP contribution in [0.15, 0.2) is 49.1 Å². The molecule has 1 aliphatic heterocycles. The van der Waals surface area contributed by atoms with Crippen LogP contribution in [0.3, 0.4) is 0 Å². The molecule has 0 saturated carbocycles. The minimum absolute atomic E-state index is 0.00343. The SMILES string of the molecule is CC[C@@H]1CN(c2nc(Nc3cnn(C)c3)ncc2-c2ccc(Oc3nccc(C)n3)c(F)c2)CCN1C(=O)OC(C)(C)C. The molecule has 1 N–H and O–H groups in total. The van der Waals surface area contributed by atoms with Gasteiger partial charge in [0.05, 0.1) is 17.9 Å². The van der Waals surface area contributed by atoms with E-state index in [0.29, 0.717) is 48.2 Å². The van der Waals surface area contributed by atoms with Gasteiger partial charge in [-0.15, -0.1) is 0 Å². The Balaban J connectivity index is 1.46. The molecular formula is C30H36FN9O3. The fourth-order valence-corrected chi connectivity index (χ4v) is 4.78. The number of carbonyl (C=O) groups excluding carboxylic acids is 1. The minimum atomic E-state index is -0.593. The molecule has 1 amide bonds. The van der Waals surface area contributed by atoms with Gasteiger partial charge in [-0.1, -0.05) is 13.0 Å². The van der Waals surface area contributed by atoms with Gasteiger partial charge in [0.1, 0.15) is 11.4 Å². The second-order valence-corrected chi connectivity index (χ2v) is 11.4. The van der Waals surface area contributed by atoms with Crippen LogP contribution in [0, 0.1) is 12.7 Å². The van der Waals surface area contributed by atoms with Crippen LogP contribution in [-0.4, -0.2) is 72.0 Å². The lowest BCUT2D eigenvalue weighted by molar-refractivity contribution is 0.0136. The molecule has 1 atom stereocenters. The monoisotopic (exact) mass is 589 g/mol. The van der Waals surface area contributed by atoms with Crippen LogP contribution in [0.2, 0.25) is 0 Å². The fraction of sp³-hybridized carbons (Fsp3) is 0.400. The zero-order valence-electron chi connectivity index (χ0n) is 25.2. The molecule has 1 saturated heterocycles. The first-order valence-corrected chi connectivity index (χ1v) is 14.1. The molecule has 0 spiro atoms. The van der Waals surface area contributed by atoms with Crippen LogP contribution in [0.5, 0.6) is 11.8 Å². The predicted molar refractivity (Wildman–Crippen MR) is 160 cm³/mol. The van der Waals surface area contributed by atoms with Crippen molar-refractivity contribution in [2.24, 2.45) is 7.05 Å². The third-order valence-electron chi connectivity index (χ3n) is 6.83. The fourth-order valence-electron chi connectivity index (χ4n) is 4.78. The summed E-state index contributed by atoms with van der Waals surface area (Å²) in [5.41, 5.74) is 2.05. The van der Waals surface area contributed by atoms with Gasteiger partial charge in [-0.25, -0.2) is 24.1 Å². The average molecular weight is 590 g/mol. The number of amides is 1. The smallest absolute Gasteiger partial charge is 0.410 e. The number of piperazine rings is 1. The summed E-state index contributed by atoms with van der Waals surface area (Å²) < 4.78 is 28.3. The van der Waals surface area contributed by atoms with E-state index < -0.39 is 11.4 Å². The number of ether oxygens (including phenoxy) is 2. The number of rotatable bonds is 7. The first kappa shape index (κ1) is 29.7. The number of hydrogen-bond donors (Lipinski definition) is 1. The van der Waals surface area contributed by atoms with Crippen LogP contribution in [0.25, 0.3) is 11.1 Å². The standard InChI is InChI=1S/C30H36FN9O3/c1-7-22-18-39(12-13-40(22)29(41)43-30(3,4)5)26-23(16-33-27(37-26)36-21-15-34-38(6)17-21)20-8-9-25(24(31)14-20)42-28-32-11-10-19(2)35-28/h8-11,14-17,22H,7,12-13,18H2,1-6H3,(H,33,36,37)/t22-/m1/s1. The van der Waals surface area contributed by atoms with Crippen molar-refractivity contribution in [3.8, 4) is 22.9 Å². The molecule has 1 aliphatic rings. The van der Waals surface area contributed by atoms with E-state index in [0.717, 1.165) is 12.1 Å². The van der Waals surface area contributed by atoms with Crippen molar-refractivity contribution in [2.45, 2.75) is 52.7 Å². The lowest BCUT2D eigenvalue weighted by atomic mass is 10.0. The summed E-state index contributed by atoms with van der Waals surface area (Å²) in [5, 5.41) is 7.38. The lowest BCUT2D eigenvalue weighted by Gasteiger charge is -2.42. The Morgan fingerprint density at radius 2 is 1.95 bits per heavy atom. The van der Waals surface area contributed by atoms with E-state index in [1.807, 2.05) is 40.9 Å². The van der Waals surface area contributed by atoms with Crippen molar-refractivity contribution in [3.05, 3.63) is 60.6 Å². The van der Waals surface area contributed by atoms with Crippen LogP contribution in [0.4, 0.5) is 26.6 Å². The first-order valence-electron chi connectivity index (χ1n) is 14.1. The summed E-state index contributed by atoms with van der Waals surface area (Å²) in [7, 11) is 1.82. The molecule has 43 heavy (non-hydrogen) atoms. The van der Waals surface area contributed by atoms with Gasteiger partial charge < -0.3 is 24.6 Å². The average Bonchev–Trinajstić information content (AvgIpc) is 3.37. The molecule has 0 unspecified atom stereocenters. The van der Waals surface area contributed by atoms with E-state index >= 15 is 4.39 Å². The molecule has 5 rings (SSSR count). The van der Waals surface area contributed by atoms with Gasteiger partial charge in [0.15, 0.2) is 11.6 Å². The van der Waals surface area contributed by atoms with E-state index in [1.165, 1.54) is 12.1 Å². The van der Waals surface area contributed by atoms with Crippen LogP contribution in [0.1, 0.15) is 39.8 Å². The maximum Gasteiger partial charge on any atom is 0.410 e. The highest BCUT2D eigenvalue weighted by Crippen LogP contribution is 2.35. The molecule has 4 aromatic rings. The number of carbonyl (C=O) groups is 1. The third kappa shape index (κ3) is 7.16. The summed E-state index contributed by atoms with van der Waals surface area (Å²) in [6.45, 7) is 10.9. The molecule has 13 heteroatoms. The summed E-state index contributed by atoms with van der Waals surface area (Å²) >= 11 is 0. The molecule has 0 bridgehead atoms. The Bertz CT molecular complexity index is 1600. The van der Waals surface area contributed by atoms with Crippen molar-refractivity contribution < 1.29 is 18.7 Å². The van der Waals surface area contributed by atoms with E-state index in [9.17, 15) is 4.79 Å².